The van der Waals surface area contributed by atoms with E-state index in [2.05, 4.69) is 26.1 Å². The number of ether oxygens (including phenoxy) is 1. The minimum Gasteiger partial charge on any atom is -0.384 e. The van der Waals surface area contributed by atoms with E-state index in [0.29, 0.717) is 5.92 Å². The van der Waals surface area contributed by atoms with Crippen molar-refractivity contribution in [2.45, 2.75) is 33.6 Å². The van der Waals surface area contributed by atoms with Gasteiger partial charge in [0, 0.05) is 13.7 Å². The first-order valence-electron chi connectivity index (χ1n) is 5.40. The molecule has 0 unspecified atom stereocenters. The lowest BCUT2D eigenvalue weighted by Gasteiger charge is -2.13. The van der Waals surface area contributed by atoms with Crippen molar-refractivity contribution in [1.29, 1.82) is 0 Å². The van der Waals surface area contributed by atoms with E-state index in [1.165, 1.54) is 12.8 Å². The fourth-order valence-corrected chi connectivity index (χ4v) is 1.21. The first kappa shape index (κ1) is 12.9. The lowest BCUT2D eigenvalue weighted by molar-refractivity contribution is 0.155. The quantitative estimate of drug-likeness (QED) is 0.589. The number of hydrogen-bond donors (Lipinski definition) is 1. The van der Waals surface area contributed by atoms with Gasteiger partial charge in [-0.3, -0.25) is 0 Å². The number of nitrogens with one attached hydrogen (secondary N) is 1. The molecule has 0 aliphatic rings. The summed E-state index contributed by atoms with van der Waals surface area (Å²) in [6, 6.07) is 0. The Morgan fingerprint density at radius 3 is 2.46 bits per heavy atom. The summed E-state index contributed by atoms with van der Waals surface area (Å²) in [6.07, 6.45) is 2.48. The fraction of sp³-hybridized carbons (Fsp3) is 1.00. The van der Waals surface area contributed by atoms with Crippen LogP contribution in [0, 0.1) is 11.8 Å². The predicted molar refractivity (Wildman–Crippen MR) is 58.0 cm³/mol. The highest BCUT2D eigenvalue weighted by molar-refractivity contribution is 4.57. The van der Waals surface area contributed by atoms with E-state index in [4.69, 9.17) is 4.74 Å². The normalized spacial score (nSPS) is 15.7. The molecule has 0 saturated heterocycles. The van der Waals surface area contributed by atoms with E-state index in [0.717, 1.165) is 25.6 Å². The minimum absolute atomic E-state index is 0.675. The van der Waals surface area contributed by atoms with Gasteiger partial charge in [0.05, 0.1) is 0 Å². The Hall–Kier alpha value is -0.0800. The fourth-order valence-electron chi connectivity index (χ4n) is 1.21. The highest BCUT2D eigenvalue weighted by atomic mass is 16.5. The van der Waals surface area contributed by atoms with Crippen molar-refractivity contribution in [2.75, 3.05) is 26.8 Å². The summed E-state index contributed by atoms with van der Waals surface area (Å²) in [4.78, 5) is 0. The third-order valence-electron chi connectivity index (χ3n) is 2.45. The molecular weight excluding hydrogens is 162 g/mol. The monoisotopic (exact) mass is 187 g/mol. The second-order valence-electron chi connectivity index (χ2n) is 4.07. The van der Waals surface area contributed by atoms with Crippen LogP contribution in [0.15, 0.2) is 0 Å². The second-order valence-corrected chi connectivity index (χ2v) is 4.07. The Balaban J connectivity index is 3.15. The molecule has 0 fully saturated rings. The molecule has 0 aromatic heterocycles. The van der Waals surface area contributed by atoms with Crippen molar-refractivity contribution in [3.63, 3.8) is 0 Å². The maximum Gasteiger partial charge on any atom is 0.0488 e. The van der Waals surface area contributed by atoms with Crippen LogP contribution < -0.4 is 5.32 Å². The third kappa shape index (κ3) is 8.26. The SMILES string of the molecule is CC[C@@H](C)CNCC[C@@H](C)COC. The highest BCUT2D eigenvalue weighted by Crippen LogP contribution is 2.01. The molecule has 0 aliphatic carbocycles. The van der Waals surface area contributed by atoms with Crippen LogP contribution in [0.4, 0.5) is 0 Å². The third-order valence-corrected chi connectivity index (χ3v) is 2.45. The molecule has 0 aromatic carbocycles. The summed E-state index contributed by atoms with van der Waals surface area (Å²) in [5.74, 6) is 1.48. The molecule has 0 heterocycles. The average Bonchev–Trinajstić information content (AvgIpc) is 2.12. The van der Waals surface area contributed by atoms with Crippen molar-refractivity contribution in [2.24, 2.45) is 11.8 Å². The topological polar surface area (TPSA) is 21.3 Å². The molecule has 1 N–H and O–H groups in total. The zero-order chi connectivity index (χ0) is 10.1. The molecule has 0 aromatic rings. The van der Waals surface area contributed by atoms with Crippen LogP contribution in [0.5, 0.6) is 0 Å². The zero-order valence-electron chi connectivity index (χ0n) is 9.60. The Bertz CT molecular complexity index is 106. The summed E-state index contributed by atoms with van der Waals surface area (Å²) in [7, 11) is 1.77. The molecule has 2 atom stereocenters. The summed E-state index contributed by atoms with van der Waals surface area (Å²) >= 11 is 0. The van der Waals surface area contributed by atoms with Gasteiger partial charge in [0.2, 0.25) is 0 Å². The molecule has 2 nitrogen and oxygen atoms in total. The van der Waals surface area contributed by atoms with E-state index < -0.39 is 0 Å². The smallest absolute Gasteiger partial charge is 0.0488 e. The summed E-state index contributed by atoms with van der Waals surface area (Å²) in [5.41, 5.74) is 0. The summed E-state index contributed by atoms with van der Waals surface area (Å²) < 4.78 is 5.08. The van der Waals surface area contributed by atoms with Gasteiger partial charge >= 0.3 is 0 Å². The Morgan fingerprint density at radius 1 is 1.23 bits per heavy atom. The molecule has 2 heteroatoms. The average molecular weight is 187 g/mol. The Morgan fingerprint density at radius 2 is 1.92 bits per heavy atom. The molecule has 80 valence electrons. The summed E-state index contributed by atoms with van der Waals surface area (Å²) in [6.45, 7) is 9.90. The van der Waals surface area contributed by atoms with Gasteiger partial charge in [0.1, 0.15) is 0 Å². The largest absolute Gasteiger partial charge is 0.384 e. The van der Waals surface area contributed by atoms with Crippen LogP contribution >= 0.6 is 0 Å². The van der Waals surface area contributed by atoms with Crippen molar-refractivity contribution >= 4 is 0 Å². The van der Waals surface area contributed by atoms with Gasteiger partial charge in [-0.1, -0.05) is 27.2 Å². The van der Waals surface area contributed by atoms with E-state index in [-0.39, 0.29) is 0 Å². The van der Waals surface area contributed by atoms with Gasteiger partial charge in [-0.25, -0.2) is 0 Å². The maximum atomic E-state index is 5.08. The van der Waals surface area contributed by atoms with Crippen molar-refractivity contribution < 1.29 is 4.74 Å². The molecule has 0 rings (SSSR count). The molecule has 0 radical (unpaired) electrons. The molecular formula is C11H25NO. The van der Waals surface area contributed by atoms with Crippen LogP contribution in [0.25, 0.3) is 0 Å². The zero-order valence-corrected chi connectivity index (χ0v) is 9.60. The first-order valence-corrected chi connectivity index (χ1v) is 5.40. The maximum absolute atomic E-state index is 5.08. The van der Waals surface area contributed by atoms with Crippen molar-refractivity contribution in [3.8, 4) is 0 Å². The van der Waals surface area contributed by atoms with E-state index in [1.807, 2.05) is 0 Å². The van der Waals surface area contributed by atoms with Crippen LogP contribution in [0.1, 0.15) is 33.6 Å². The molecule has 13 heavy (non-hydrogen) atoms. The number of hydrogen-bond acceptors (Lipinski definition) is 2. The molecule has 0 spiro atoms. The van der Waals surface area contributed by atoms with E-state index >= 15 is 0 Å². The number of methoxy groups -OCH3 is 1. The summed E-state index contributed by atoms with van der Waals surface area (Å²) in [5, 5.41) is 3.47. The van der Waals surface area contributed by atoms with Gasteiger partial charge in [-0.2, -0.15) is 0 Å². The van der Waals surface area contributed by atoms with Gasteiger partial charge in [0.25, 0.3) is 0 Å². The minimum atomic E-state index is 0.675. The molecule has 0 aliphatic heterocycles. The van der Waals surface area contributed by atoms with Gasteiger partial charge in [-0.05, 0) is 31.3 Å². The van der Waals surface area contributed by atoms with Crippen LogP contribution in [0.2, 0.25) is 0 Å². The lowest BCUT2D eigenvalue weighted by Crippen LogP contribution is -2.23. The Kier molecular flexibility index (Phi) is 8.46. The lowest BCUT2D eigenvalue weighted by atomic mass is 10.1. The van der Waals surface area contributed by atoms with E-state index in [9.17, 15) is 0 Å². The second kappa shape index (κ2) is 8.52. The van der Waals surface area contributed by atoms with Crippen LogP contribution in [0.3, 0.4) is 0 Å². The van der Waals surface area contributed by atoms with Gasteiger partial charge < -0.3 is 10.1 Å². The standard InChI is InChI=1S/C11H25NO/c1-5-10(2)8-12-7-6-11(3)9-13-4/h10-12H,5-9H2,1-4H3/t10-,11-/m1/s1. The molecule has 0 saturated carbocycles. The van der Waals surface area contributed by atoms with Crippen LogP contribution in [-0.4, -0.2) is 26.8 Å². The van der Waals surface area contributed by atoms with E-state index in [1.54, 1.807) is 7.11 Å². The highest BCUT2D eigenvalue weighted by Gasteiger charge is 2.01. The van der Waals surface area contributed by atoms with Crippen molar-refractivity contribution in [3.05, 3.63) is 0 Å². The predicted octanol–water partition coefficient (Wildman–Crippen LogP) is 2.29. The van der Waals surface area contributed by atoms with Gasteiger partial charge in [0.15, 0.2) is 0 Å². The van der Waals surface area contributed by atoms with Crippen molar-refractivity contribution in [1.82, 2.24) is 5.32 Å². The van der Waals surface area contributed by atoms with Gasteiger partial charge in [-0.15, -0.1) is 0 Å². The Labute approximate surface area is 83.1 Å². The molecule has 0 bridgehead atoms. The molecule has 0 amide bonds. The first-order chi connectivity index (χ1) is 6.20. The number of rotatable bonds is 8. The van der Waals surface area contributed by atoms with Crippen LogP contribution in [-0.2, 0) is 4.74 Å².